The number of allylic oxidation sites excluding steroid dienone is 1. The smallest absolute Gasteiger partial charge is 0.118 e. The van der Waals surface area contributed by atoms with E-state index in [0.29, 0.717) is 0 Å². The first-order valence-corrected chi connectivity index (χ1v) is 5.37. The van der Waals surface area contributed by atoms with Crippen LogP contribution < -0.4 is 11.1 Å². The van der Waals surface area contributed by atoms with E-state index in [1.165, 1.54) is 5.57 Å². The molecule has 15 heavy (non-hydrogen) atoms. The van der Waals surface area contributed by atoms with Crippen molar-refractivity contribution in [3.05, 3.63) is 23.3 Å². The maximum atomic E-state index is 7.40. The molecule has 1 rings (SSSR count). The van der Waals surface area contributed by atoms with Crippen LogP contribution in [-0.4, -0.2) is 17.9 Å². The Labute approximate surface area is 91.9 Å². The summed E-state index contributed by atoms with van der Waals surface area (Å²) in [6.45, 7) is 7.28. The molecule has 0 saturated carbocycles. The van der Waals surface area contributed by atoms with Gasteiger partial charge in [-0.1, -0.05) is 12.2 Å². The number of nitrogens with two attached hydrogens (primary N) is 1. The van der Waals surface area contributed by atoms with E-state index in [4.69, 9.17) is 11.1 Å². The molecule has 0 heterocycles. The molecule has 0 bridgehead atoms. The maximum Gasteiger partial charge on any atom is 0.118 e. The Hall–Kier alpha value is -1.09. The fourth-order valence-electron chi connectivity index (χ4n) is 1.47. The van der Waals surface area contributed by atoms with Crippen molar-refractivity contribution in [2.75, 3.05) is 6.54 Å². The van der Waals surface area contributed by atoms with Gasteiger partial charge in [0.05, 0.1) is 0 Å². The van der Waals surface area contributed by atoms with Gasteiger partial charge in [-0.25, -0.2) is 0 Å². The van der Waals surface area contributed by atoms with Crippen LogP contribution in [0, 0.1) is 5.41 Å². The average molecular weight is 207 g/mol. The quantitative estimate of drug-likeness (QED) is 0.489. The van der Waals surface area contributed by atoms with Crippen molar-refractivity contribution < 1.29 is 0 Å². The third kappa shape index (κ3) is 4.30. The fourth-order valence-corrected chi connectivity index (χ4v) is 1.47. The second-order valence-corrected chi connectivity index (χ2v) is 5.00. The Morgan fingerprint density at radius 3 is 2.73 bits per heavy atom. The standard InChI is InChI=1S/C12H21N3/c1-12(2,3)15-8-9-5-4-6-10(7-9)11(13)14/h5,7,15H,4,6,8H2,1-3H3,(H3,13,14). The maximum absolute atomic E-state index is 7.40. The molecule has 4 N–H and O–H groups in total. The van der Waals surface area contributed by atoms with Gasteiger partial charge in [-0.15, -0.1) is 0 Å². The Kier molecular flexibility index (Phi) is 3.69. The van der Waals surface area contributed by atoms with Crippen molar-refractivity contribution in [3.63, 3.8) is 0 Å². The molecule has 3 nitrogen and oxygen atoms in total. The molecular formula is C12H21N3. The lowest BCUT2D eigenvalue weighted by Crippen LogP contribution is -2.37. The minimum Gasteiger partial charge on any atom is -0.384 e. The normalized spacial score (nSPS) is 17.0. The average Bonchev–Trinajstić information content (AvgIpc) is 2.14. The van der Waals surface area contributed by atoms with Gasteiger partial charge in [-0.2, -0.15) is 0 Å². The van der Waals surface area contributed by atoms with Crippen molar-refractivity contribution in [1.29, 1.82) is 5.41 Å². The van der Waals surface area contributed by atoms with Crippen LogP contribution in [0.5, 0.6) is 0 Å². The van der Waals surface area contributed by atoms with Crippen LogP contribution in [0.1, 0.15) is 33.6 Å². The lowest BCUT2D eigenvalue weighted by atomic mass is 9.98. The summed E-state index contributed by atoms with van der Waals surface area (Å²) in [5, 5.41) is 10.8. The Morgan fingerprint density at radius 2 is 2.20 bits per heavy atom. The zero-order chi connectivity index (χ0) is 11.5. The highest BCUT2D eigenvalue weighted by Gasteiger charge is 2.11. The van der Waals surface area contributed by atoms with Crippen LogP contribution in [0.25, 0.3) is 0 Å². The van der Waals surface area contributed by atoms with Crippen LogP contribution in [0.3, 0.4) is 0 Å². The number of amidine groups is 1. The summed E-state index contributed by atoms with van der Waals surface area (Å²) >= 11 is 0. The van der Waals surface area contributed by atoms with E-state index in [2.05, 4.69) is 32.2 Å². The minimum atomic E-state index is 0.127. The molecule has 0 fully saturated rings. The number of hydrogen-bond acceptors (Lipinski definition) is 2. The second-order valence-electron chi connectivity index (χ2n) is 5.00. The molecule has 1 aliphatic carbocycles. The van der Waals surface area contributed by atoms with Gasteiger partial charge < -0.3 is 11.1 Å². The first-order valence-electron chi connectivity index (χ1n) is 5.37. The van der Waals surface area contributed by atoms with Crippen molar-refractivity contribution in [3.8, 4) is 0 Å². The van der Waals surface area contributed by atoms with E-state index in [0.717, 1.165) is 25.0 Å². The summed E-state index contributed by atoms with van der Waals surface area (Å²) in [7, 11) is 0. The summed E-state index contributed by atoms with van der Waals surface area (Å²) in [4.78, 5) is 0. The Bertz CT molecular complexity index is 305. The first kappa shape index (κ1) is 12.0. The van der Waals surface area contributed by atoms with Crippen LogP contribution in [0.4, 0.5) is 0 Å². The number of hydrogen-bond donors (Lipinski definition) is 3. The molecule has 0 aliphatic heterocycles. The highest BCUT2D eigenvalue weighted by Crippen LogP contribution is 2.17. The third-order valence-electron chi connectivity index (χ3n) is 2.35. The van der Waals surface area contributed by atoms with E-state index in [1.54, 1.807) is 0 Å². The zero-order valence-electron chi connectivity index (χ0n) is 9.85. The molecule has 0 radical (unpaired) electrons. The summed E-state index contributed by atoms with van der Waals surface area (Å²) in [5.41, 5.74) is 7.80. The van der Waals surface area contributed by atoms with Crippen LogP contribution in [0.15, 0.2) is 23.3 Å². The van der Waals surface area contributed by atoms with Gasteiger partial charge in [0.25, 0.3) is 0 Å². The van der Waals surface area contributed by atoms with E-state index in [1.807, 2.05) is 6.08 Å². The summed E-state index contributed by atoms with van der Waals surface area (Å²) in [6.07, 6.45) is 6.14. The van der Waals surface area contributed by atoms with Gasteiger partial charge in [0, 0.05) is 12.1 Å². The van der Waals surface area contributed by atoms with Gasteiger partial charge in [0.2, 0.25) is 0 Å². The molecule has 0 saturated heterocycles. The fraction of sp³-hybridized carbons (Fsp3) is 0.583. The van der Waals surface area contributed by atoms with Crippen LogP contribution >= 0.6 is 0 Å². The predicted octanol–water partition coefficient (Wildman–Crippen LogP) is 1.96. The van der Waals surface area contributed by atoms with Gasteiger partial charge in [-0.05, 0) is 44.8 Å². The second kappa shape index (κ2) is 4.62. The lowest BCUT2D eigenvalue weighted by molar-refractivity contribution is 0.445. The highest BCUT2D eigenvalue weighted by atomic mass is 14.9. The minimum absolute atomic E-state index is 0.127. The van der Waals surface area contributed by atoms with Crippen molar-refractivity contribution in [2.24, 2.45) is 5.73 Å². The summed E-state index contributed by atoms with van der Waals surface area (Å²) in [6, 6.07) is 0. The molecule has 0 aromatic carbocycles. The third-order valence-corrected chi connectivity index (χ3v) is 2.35. The topological polar surface area (TPSA) is 61.9 Å². The molecule has 0 aromatic heterocycles. The van der Waals surface area contributed by atoms with Gasteiger partial charge >= 0.3 is 0 Å². The largest absolute Gasteiger partial charge is 0.384 e. The van der Waals surface area contributed by atoms with E-state index in [-0.39, 0.29) is 11.4 Å². The van der Waals surface area contributed by atoms with Gasteiger partial charge in [-0.3, -0.25) is 5.41 Å². The van der Waals surface area contributed by atoms with Crippen LogP contribution in [-0.2, 0) is 0 Å². The van der Waals surface area contributed by atoms with Crippen molar-refractivity contribution in [2.45, 2.75) is 39.2 Å². The monoisotopic (exact) mass is 207 g/mol. The molecule has 0 spiro atoms. The van der Waals surface area contributed by atoms with Gasteiger partial charge in [0.1, 0.15) is 5.84 Å². The van der Waals surface area contributed by atoms with E-state index < -0.39 is 0 Å². The molecular weight excluding hydrogens is 186 g/mol. The lowest BCUT2D eigenvalue weighted by Gasteiger charge is -2.22. The molecule has 3 heteroatoms. The zero-order valence-corrected chi connectivity index (χ0v) is 9.85. The Balaban J connectivity index is 2.57. The number of nitrogens with one attached hydrogen (secondary N) is 2. The summed E-state index contributed by atoms with van der Waals surface area (Å²) in [5.74, 6) is 0.205. The van der Waals surface area contributed by atoms with E-state index in [9.17, 15) is 0 Å². The SMILES string of the molecule is CC(C)(C)NCC1=CCCC(C(=N)N)=C1. The highest BCUT2D eigenvalue weighted by molar-refractivity contribution is 5.95. The molecule has 0 unspecified atom stereocenters. The molecule has 0 aromatic rings. The van der Waals surface area contributed by atoms with E-state index >= 15 is 0 Å². The number of rotatable bonds is 3. The predicted molar refractivity (Wildman–Crippen MR) is 65.1 cm³/mol. The van der Waals surface area contributed by atoms with Crippen molar-refractivity contribution in [1.82, 2.24) is 5.32 Å². The molecule has 0 atom stereocenters. The molecule has 0 amide bonds. The Morgan fingerprint density at radius 1 is 1.53 bits per heavy atom. The summed E-state index contributed by atoms with van der Waals surface area (Å²) < 4.78 is 0. The van der Waals surface area contributed by atoms with Gasteiger partial charge in [0.15, 0.2) is 0 Å². The molecule has 1 aliphatic rings. The first-order chi connectivity index (χ1) is 6.88. The molecule has 84 valence electrons. The van der Waals surface area contributed by atoms with Crippen molar-refractivity contribution >= 4 is 5.84 Å². The van der Waals surface area contributed by atoms with Crippen LogP contribution in [0.2, 0.25) is 0 Å².